The smallest absolute Gasteiger partial charge is 0.241 e. The summed E-state index contributed by atoms with van der Waals surface area (Å²) in [6.07, 6.45) is 2.09. The Labute approximate surface area is 119 Å². The van der Waals surface area contributed by atoms with Crippen molar-refractivity contribution in [1.29, 1.82) is 0 Å². The Morgan fingerprint density at radius 2 is 1.85 bits per heavy atom. The molecule has 0 radical (unpaired) electrons. The van der Waals surface area contributed by atoms with Crippen LogP contribution in [0.1, 0.15) is 13.3 Å². The number of amides is 1. The van der Waals surface area contributed by atoms with Crippen LogP contribution < -0.4 is 15.4 Å². The van der Waals surface area contributed by atoms with E-state index in [1.807, 2.05) is 6.92 Å². The van der Waals surface area contributed by atoms with Crippen LogP contribution in [0.4, 0.5) is 11.4 Å². The number of rotatable bonds is 4. The molecule has 1 saturated heterocycles. The predicted octanol–water partition coefficient (Wildman–Crippen LogP) is 0.995. The van der Waals surface area contributed by atoms with Crippen LogP contribution in [0.15, 0.2) is 24.3 Å². The number of hydrogen-bond donors (Lipinski definition) is 3. The van der Waals surface area contributed by atoms with Gasteiger partial charge in [-0.05, 0) is 43.1 Å². The number of benzene rings is 1. The highest BCUT2D eigenvalue weighted by molar-refractivity contribution is 7.92. The summed E-state index contributed by atoms with van der Waals surface area (Å²) in [5.74, 6) is 0.264. The normalized spacial score (nSPS) is 22.5. The van der Waals surface area contributed by atoms with Gasteiger partial charge in [0.05, 0.1) is 12.3 Å². The van der Waals surface area contributed by atoms with Gasteiger partial charge in [0.25, 0.3) is 0 Å². The molecule has 110 valence electrons. The Balaban J connectivity index is 1.98. The maximum absolute atomic E-state index is 12.1. The molecular weight excluding hydrogens is 278 g/mol. The van der Waals surface area contributed by atoms with E-state index in [-0.39, 0.29) is 11.9 Å². The molecule has 1 aliphatic heterocycles. The van der Waals surface area contributed by atoms with Crippen LogP contribution in [-0.2, 0) is 14.8 Å². The van der Waals surface area contributed by atoms with Gasteiger partial charge in [-0.2, -0.15) is 0 Å². The molecule has 0 bridgehead atoms. The van der Waals surface area contributed by atoms with Crippen molar-refractivity contribution in [1.82, 2.24) is 5.32 Å². The van der Waals surface area contributed by atoms with Crippen molar-refractivity contribution < 1.29 is 13.2 Å². The Kier molecular flexibility index (Phi) is 4.29. The zero-order valence-corrected chi connectivity index (χ0v) is 12.3. The van der Waals surface area contributed by atoms with E-state index in [0.717, 1.165) is 19.2 Å². The van der Waals surface area contributed by atoms with Gasteiger partial charge in [-0.1, -0.05) is 6.92 Å². The number of carbonyl (C=O) groups excluding carboxylic acids is 1. The van der Waals surface area contributed by atoms with Gasteiger partial charge in [-0.15, -0.1) is 0 Å². The van der Waals surface area contributed by atoms with Gasteiger partial charge in [-0.25, -0.2) is 8.42 Å². The highest BCUT2D eigenvalue weighted by Gasteiger charge is 2.29. The van der Waals surface area contributed by atoms with Gasteiger partial charge in [0.15, 0.2) is 0 Å². The second kappa shape index (κ2) is 5.80. The second-order valence-electron chi connectivity index (χ2n) is 5.14. The first kappa shape index (κ1) is 14.8. The minimum Gasteiger partial charge on any atom is -0.325 e. The third kappa shape index (κ3) is 3.94. The summed E-state index contributed by atoms with van der Waals surface area (Å²) in [6.45, 7) is 2.90. The third-order valence-electron chi connectivity index (χ3n) is 3.27. The van der Waals surface area contributed by atoms with E-state index >= 15 is 0 Å². The van der Waals surface area contributed by atoms with Gasteiger partial charge in [-0.3, -0.25) is 9.52 Å². The topological polar surface area (TPSA) is 87.3 Å². The largest absolute Gasteiger partial charge is 0.325 e. The highest BCUT2D eigenvalue weighted by atomic mass is 32.2. The summed E-state index contributed by atoms with van der Waals surface area (Å²) in [4.78, 5) is 12.1. The maximum atomic E-state index is 12.1. The number of carbonyl (C=O) groups is 1. The SMILES string of the molecule is CC1CCNC1C(=O)Nc1ccc(NS(C)(=O)=O)cc1. The molecule has 20 heavy (non-hydrogen) atoms. The Bertz CT molecular complexity index is 583. The summed E-state index contributed by atoms with van der Waals surface area (Å²) in [5.41, 5.74) is 1.12. The first-order chi connectivity index (χ1) is 9.35. The third-order valence-corrected chi connectivity index (χ3v) is 3.88. The lowest BCUT2D eigenvalue weighted by molar-refractivity contribution is -0.118. The molecule has 0 aromatic heterocycles. The molecule has 3 N–H and O–H groups in total. The summed E-state index contributed by atoms with van der Waals surface area (Å²) < 4.78 is 24.5. The quantitative estimate of drug-likeness (QED) is 0.773. The molecule has 6 nitrogen and oxygen atoms in total. The molecule has 1 aromatic carbocycles. The van der Waals surface area contributed by atoms with Gasteiger partial charge >= 0.3 is 0 Å². The lowest BCUT2D eigenvalue weighted by atomic mass is 10.0. The monoisotopic (exact) mass is 297 g/mol. The van der Waals surface area contributed by atoms with Crippen molar-refractivity contribution in [3.05, 3.63) is 24.3 Å². The number of anilines is 2. The summed E-state index contributed by atoms with van der Waals surface area (Å²) >= 11 is 0. The zero-order valence-electron chi connectivity index (χ0n) is 11.5. The van der Waals surface area contributed by atoms with Crippen LogP contribution >= 0.6 is 0 Å². The molecule has 1 aromatic rings. The number of hydrogen-bond acceptors (Lipinski definition) is 4. The van der Waals surface area contributed by atoms with Crippen LogP contribution in [0.3, 0.4) is 0 Å². The van der Waals surface area contributed by atoms with E-state index in [0.29, 0.717) is 17.3 Å². The predicted molar refractivity (Wildman–Crippen MR) is 79.1 cm³/mol. The van der Waals surface area contributed by atoms with Gasteiger partial charge < -0.3 is 10.6 Å². The lowest BCUT2D eigenvalue weighted by Crippen LogP contribution is -2.39. The maximum Gasteiger partial charge on any atom is 0.241 e. The van der Waals surface area contributed by atoms with Crippen LogP contribution in [0.2, 0.25) is 0 Å². The zero-order chi connectivity index (χ0) is 14.8. The van der Waals surface area contributed by atoms with E-state index in [2.05, 4.69) is 15.4 Å². The summed E-state index contributed by atoms with van der Waals surface area (Å²) in [7, 11) is -3.28. The van der Waals surface area contributed by atoms with Crippen molar-refractivity contribution in [2.75, 3.05) is 22.8 Å². The molecule has 2 rings (SSSR count). The summed E-state index contributed by atoms with van der Waals surface area (Å²) in [5, 5.41) is 5.99. The van der Waals surface area contributed by atoms with E-state index < -0.39 is 10.0 Å². The average molecular weight is 297 g/mol. The average Bonchev–Trinajstić information content (AvgIpc) is 2.76. The van der Waals surface area contributed by atoms with Crippen LogP contribution in [-0.4, -0.2) is 33.2 Å². The first-order valence-corrected chi connectivity index (χ1v) is 8.36. The molecule has 1 amide bonds. The fourth-order valence-electron chi connectivity index (χ4n) is 2.24. The summed E-state index contributed by atoms with van der Waals surface area (Å²) in [6, 6.07) is 6.41. The number of sulfonamides is 1. The molecule has 1 fully saturated rings. The highest BCUT2D eigenvalue weighted by Crippen LogP contribution is 2.18. The van der Waals surface area contributed by atoms with Crippen LogP contribution in [0.5, 0.6) is 0 Å². The molecule has 1 heterocycles. The van der Waals surface area contributed by atoms with Crippen molar-refractivity contribution in [3.63, 3.8) is 0 Å². The molecule has 1 aliphatic rings. The van der Waals surface area contributed by atoms with Crippen molar-refractivity contribution in [2.24, 2.45) is 5.92 Å². The fraction of sp³-hybridized carbons (Fsp3) is 0.462. The Morgan fingerprint density at radius 1 is 1.25 bits per heavy atom. The van der Waals surface area contributed by atoms with Crippen LogP contribution in [0.25, 0.3) is 0 Å². The van der Waals surface area contributed by atoms with Crippen LogP contribution in [0, 0.1) is 5.92 Å². The second-order valence-corrected chi connectivity index (χ2v) is 6.89. The Morgan fingerprint density at radius 3 is 2.35 bits per heavy atom. The Hall–Kier alpha value is -1.60. The number of nitrogens with one attached hydrogen (secondary N) is 3. The molecule has 0 aliphatic carbocycles. The van der Waals surface area contributed by atoms with Crippen molar-refractivity contribution in [2.45, 2.75) is 19.4 Å². The van der Waals surface area contributed by atoms with Crippen molar-refractivity contribution in [3.8, 4) is 0 Å². The molecule has 2 unspecified atom stereocenters. The van der Waals surface area contributed by atoms with Gasteiger partial charge in [0.2, 0.25) is 15.9 Å². The minimum atomic E-state index is -3.28. The molecule has 2 atom stereocenters. The van der Waals surface area contributed by atoms with Gasteiger partial charge in [0, 0.05) is 11.4 Å². The molecule has 0 spiro atoms. The van der Waals surface area contributed by atoms with E-state index in [1.165, 1.54) is 0 Å². The first-order valence-electron chi connectivity index (χ1n) is 6.47. The fourth-order valence-corrected chi connectivity index (χ4v) is 2.81. The van der Waals surface area contributed by atoms with E-state index in [4.69, 9.17) is 0 Å². The van der Waals surface area contributed by atoms with Gasteiger partial charge in [0.1, 0.15) is 0 Å². The van der Waals surface area contributed by atoms with E-state index in [1.54, 1.807) is 24.3 Å². The standard InChI is InChI=1S/C13H19N3O3S/c1-9-7-8-14-12(9)13(17)15-10-3-5-11(6-4-10)16-20(2,18)19/h3-6,9,12,14,16H,7-8H2,1-2H3,(H,15,17). The molecule has 7 heteroatoms. The van der Waals surface area contributed by atoms with Crippen molar-refractivity contribution >= 4 is 27.3 Å². The van der Waals surface area contributed by atoms with E-state index in [9.17, 15) is 13.2 Å². The minimum absolute atomic E-state index is 0.0566. The molecule has 0 saturated carbocycles. The molecular formula is C13H19N3O3S. The lowest BCUT2D eigenvalue weighted by Gasteiger charge is -2.15.